The van der Waals surface area contributed by atoms with Crippen LogP contribution in [0, 0.1) is 6.92 Å². The molecule has 0 spiro atoms. The molecule has 1 aliphatic rings. The Labute approximate surface area is 135 Å². The van der Waals surface area contributed by atoms with Crippen LogP contribution in [0.15, 0.2) is 42.5 Å². The fourth-order valence-electron chi connectivity index (χ4n) is 2.85. The maximum atomic E-state index is 12.3. The normalized spacial score (nSPS) is 16.9. The Morgan fingerprint density at radius 2 is 2.05 bits per heavy atom. The number of amides is 1. The number of benzene rings is 2. The number of nitrogens with one attached hydrogen (secondary N) is 2. The number of aryl methyl sites for hydroxylation is 1. The molecule has 1 atom stereocenters. The van der Waals surface area contributed by atoms with Crippen LogP contribution in [0.5, 0.6) is 0 Å². The first-order valence-corrected chi connectivity index (χ1v) is 7.83. The van der Waals surface area contributed by atoms with E-state index in [2.05, 4.69) is 35.8 Å². The Kier molecular flexibility index (Phi) is 4.46. The molecular weight excluding hydrogens is 296 g/mol. The molecule has 0 saturated heterocycles. The van der Waals surface area contributed by atoms with Gasteiger partial charge in [-0.25, -0.2) is 0 Å². The third-order valence-corrected chi connectivity index (χ3v) is 4.20. The summed E-state index contributed by atoms with van der Waals surface area (Å²) in [7, 11) is 0. The number of hydrogen-bond acceptors (Lipinski definition) is 2. The fraction of sp³-hybridized carbons (Fsp3) is 0.278. The summed E-state index contributed by atoms with van der Waals surface area (Å²) < 4.78 is 0. The smallest absolute Gasteiger partial charge is 0.224 e. The van der Waals surface area contributed by atoms with Gasteiger partial charge in [0.2, 0.25) is 5.91 Å². The van der Waals surface area contributed by atoms with E-state index in [4.69, 9.17) is 11.6 Å². The summed E-state index contributed by atoms with van der Waals surface area (Å²) in [5, 5.41) is 7.17. The van der Waals surface area contributed by atoms with Crippen molar-refractivity contribution in [2.45, 2.75) is 25.9 Å². The van der Waals surface area contributed by atoms with E-state index >= 15 is 0 Å². The monoisotopic (exact) mass is 314 g/mol. The van der Waals surface area contributed by atoms with Crippen LogP contribution in [-0.2, 0) is 17.8 Å². The van der Waals surface area contributed by atoms with E-state index in [9.17, 15) is 4.79 Å². The Morgan fingerprint density at radius 1 is 1.27 bits per heavy atom. The van der Waals surface area contributed by atoms with E-state index in [0.717, 1.165) is 18.7 Å². The maximum absolute atomic E-state index is 12.3. The van der Waals surface area contributed by atoms with Gasteiger partial charge < -0.3 is 10.6 Å². The van der Waals surface area contributed by atoms with Crippen LogP contribution >= 0.6 is 11.6 Å². The third kappa shape index (κ3) is 3.49. The Bertz CT molecular complexity index is 682. The lowest BCUT2D eigenvalue weighted by molar-refractivity contribution is -0.121. The van der Waals surface area contributed by atoms with Gasteiger partial charge >= 0.3 is 0 Å². The van der Waals surface area contributed by atoms with Crippen molar-refractivity contribution in [2.75, 3.05) is 6.54 Å². The largest absolute Gasteiger partial charge is 0.348 e. The number of carbonyl (C=O) groups is 1. The summed E-state index contributed by atoms with van der Waals surface area (Å²) >= 11 is 5.86. The molecule has 3 nitrogen and oxygen atoms in total. The molecule has 1 aliphatic heterocycles. The van der Waals surface area contributed by atoms with Crippen LogP contribution in [0.25, 0.3) is 0 Å². The maximum Gasteiger partial charge on any atom is 0.224 e. The summed E-state index contributed by atoms with van der Waals surface area (Å²) in [6.45, 7) is 3.71. The molecule has 2 aromatic rings. The average molecular weight is 315 g/mol. The molecule has 22 heavy (non-hydrogen) atoms. The minimum absolute atomic E-state index is 0.0301. The number of hydrogen-bond donors (Lipinski definition) is 2. The van der Waals surface area contributed by atoms with E-state index in [1.165, 1.54) is 16.7 Å². The number of rotatable bonds is 3. The average Bonchev–Trinajstić information content (AvgIpc) is 2.49. The summed E-state index contributed by atoms with van der Waals surface area (Å²) in [5.41, 5.74) is 4.69. The lowest BCUT2D eigenvalue weighted by atomic mass is 9.95. The van der Waals surface area contributed by atoms with Crippen LogP contribution < -0.4 is 10.6 Å². The molecule has 2 N–H and O–H groups in total. The van der Waals surface area contributed by atoms with Crippen LogP contribution in [-0.4, -0.2) is 12.5 Å². The van der Waals surface area contributed by atoms with E-state index in [1.807, 2.05) is 24.3 Å². The van der Waals surface area contributed by atoms with E-state index in [-0.39, 0.29) is 11.9 Å². The fourth-order valence-corrected chi connectivity index (χ4v) is 2.98. The highest BCUT2D eigenvalue weighted by Crippen LogP contribution is 2.23. The van der Waals surface area contributed by atoms with Crippen molar-refractivity contribution < 1.29 is 4.79 Å². The molecule has 3 rings (SSSR count). The van der Waals surface area contributed by atoms with Crippen molar-refractivity contribution in [1.29, 1.82) is 0 Å². The van der Waals surface area contributed by atoms with Gasteiger partial charge in [0, 0.05) is 18.1 Å². The van der Waals surface area contributed by atoms with Crippen LogP contribution in [0.3, 0.4) is 0 Å². The van der Waals surface area contributed by atoms with Crippen molar-refractivity contribution >= 4 is 17.5 Å². The number of fused-ring (bicyclic) bond motifs is 1. The van der Waals surface area contributed by atoms with Gasteiger partial charge in [0.25, 0.3) is 0 Å². The summed E-state index contributed by atoms with van der Waals surface area (Å²) in [5.74, 6) is 0.0301. The summed E-state index contributed by atoms with van der Waals surface area (Å²) in [4.78, 5) is 12.3. The zero-order chi connectivity index (χ0) is 15.5. The predicted molar refractivity (Wildman–Crippen MR) is 88.9 cm³/mol. The van der Waals surface area contributed by atoms with Gasteiger partial charge in [0.05, 0.1) is 12.5 Å². The van der Waals surface area contributed by atoms with Crippen molar-refractivity contribution in [1.82, 2.24) is 10.6 Å². The number of halogens is 1. The van der Waals surface area contributed by atoms with E-state index in [1.54, 1.807) is 0 Å². The van der Waals surface area contributed by atoms with Crippen molar-refractivity contribution in [2.24, 2.45) is 0 Å². The Morgan fingerprint density at radius 3 is 2.82 bits per heavy atom. The van der Waals surface area contributed by atoms with E-state index in [0.29, 0.717) is 11.4 Å². The van der Waals surface area contributed by atoms with Crippen LogP contribution in [0.4, 0.5) is 0 Å². The molecule has 0 radical (unpaired) electrons. The Balaban J connectivity index is 1.69. The predicted octanol–water partition coefficient (Wildman–Crippen LogP) is 3.15. The molecule has 0 bridgehead atoms. The second kappa shape index (κ2) is 6.51. The molecule has 0 fully saturated rings. The molecule has 0 aromatic heterocycles. The van der Waals surface area contributed by atoms with Gasteiger partial charge in [-0.05, 0) is 35.7 Å². The Hall–Kier alpha value is -1.84. The van der Waals surface area contributed by atoms with Crippen molar-refractivity contribution in [3.63, 3.8) is 0 Å². The quantitative estimate of drug-likeness (QED) is 0.914. The molecule has 1 unspecified atom stereocenters. The molecule has 1 amide bonds. The van der Waals surface area contributed by atoms with E-state index < -0.39 is 0 Å². The van der Waals surface area contributed by atoms with Crippen molar-refractivity contribution in [3.8, 4) is 0 Å². The van der Waals surface area contributed by atoms with Gasteiger partial charge in [-0.15, -0.1) is 0 Å². The molecule has 4 heteroatoms. The lowest BCUT2D eigenvalue weighted by Gasteiger charge is -2.27. The molecular formula is C18H19ClN2O. The first-order valence-electron chi connectivity index (χ1n) is 7.46. The van der Waals surface area contributed by atoms with Gasteiger partial charge in [-0.2, -0.15) is 0 Å². The summed E-state index contributed by atoms with van der Waals surface area (Å²) in [6.07, 6.45) is 0.370. The van der Waals surface area contributed by atoms with Gasteiger partial charge in [0.15, 0.2) is 0 Å². The SMILES string of the molecule is Cc1ccc2c(c1)CNCC2NC(=O)Cc1ccc(Cl)cc1. The first kappa shape index (κ1) is 15.1. The highest BCUT2D eigenvalue weighted by molar-refractivity contribution is 6.30. The minimum atomic E-state index is 0.0301. The molecule has 2 aromatic carbocycles. The third-order valence-electron chi connectivity index (χ3n) is 3.95. The minimum Gasteiger partial charge on any atom is -0.348 e. The van der Waals surface area contributed by atoms with Crippen molar-refractivity contribution in [3.05, 3.63) is 69.7 Å². The standard InChI is InChI=1S/C18H19ClN2O/c1-12-2-7-16-14(8-12)10-20-11-17(16)21-18(22)9-13-3-5-15(19)6-4-13/h2-8,17,20H,9-11H2,1H3,(H,21,22). The molecule has 0 aliphatic carbocycles. The first-order chi connectivity index (χ1) is 10.6. The number of carbonyl (C=O) groups excluding carboxylic acids is 1. The van der Waals surface area contributed by atoms with Gasteiger partial charge in [0.1, 0.15) is 0 Å². The van der Waals surface area contributed by atoms with Crippen LogP contribution in [0.2, 0.25) is 5.02 Å². The topological polar surface area (TPSA) is 41.1 Å². The zero-order valence-corrected chi connectivity index (χ0v) is 13.3. The van der Waals surface area contributed by atoms with Gasteiger partial charge in [-0.3, -0.25) is 4.79 Å². The highest BCUT2D eigenvalue weighted by atomic mass is 35.5. The summed E-state index contributed by atoms with van der Waals surface area (Å²) in [6, 6.07) is 13.8. The zero-order valence-electron chi connectivity index (χ0n) is 12.5. The van der Waals surface area contributed by atoms with Gasteiger partial charge in [-0.1, -0.05) is 47.5 Å². The second-order valence-electron chi connectivity index (χ2n) is 5.76. The van der Waals surface area contributed by atoms with Crippen LogP contribution in [0.1, 0.15) is 28.3 Å². The lowest BCUT2D eigenvalue weighted by Crippen LogP contribution is -2.40. The second-order valence-corrected chi connectivity index (χ2v) is 6.19. The highest BCUT2D eigenvalue weighted by Gasteiger charge is 2.21. The molecule has 0 saturated carbocycles. The molecule has 1 heterocycles. The molecule has 114 valence electrons.